The fraction of sp³-hybridized carbons (Fsp3) is 0.133. The van der Waals surface area contributed by atoms with Crippen LogP contribution in [0.15, 0.2) is 42.5 Å². The van der Waals surface area contributed by atoms with Gasteiger partial charge in [-0.1, -0.05) is 23.7 Å². The number of para-hydroxylation sites is 2. The zero-order valence-corrected chi connectivity index (χ0v) is 13.1. The van der Waals surface area contributed by atoms with Crippen molar-refractivity contribution < 1.29 is 27.6 Å². The summed E-state index contributed by atoms with van der Waals surface area (Å²) >= 11 is 5.67. The number of carbonyl (C=O) groups is 1. The van der Waals surface area contributed by atoms with Crippen LogP contribution in [0.1, 0.15) is 10.4 Å². The summed E-state index contributed by atoms with van der Waals surface area (Å²) in [6, 6.07) is 8.93. The minimum atomic E-state index is -4.53. The molecule has 0 radical (unpaired) electrons. The van der Waals surface area contributed by atoms with Gasteiger partial charge in [-0.25, -0.2) is 0 Å². The Morgan fingerprint density at radius 2 is 1.92 bits per heavy atom. The largest absolute Gasteiger partial charge is 0.482 e. The van der Waals surface area contributed by atoms with Gasteiger partial charge in [0.25, 0.3) is 11.6 Å². The average Bonchev–Trinajstić information content (AvgIpc) is 2.53. The summed E-state index contributed by atoms with van der Waals surface area (Å²) < 4.78 is 41.5. The molecule has 10 heteroatoms. The Hall–Kier alpha value is -2.81. The lowest BCUT2D eigenvalue weighted by atomic mass is 10.2. The van der Waals surface area contributed by atoms with Gasteiger partial charge >= 0.3 is 6.18 Å². The van der Waals surface area contributed by atoms with Gasteiger partial charge in [0.15, 0.2) is 6.61 Å². The maximum Gasteiger partial charge on any atom is 0.422 e. The van der Waals surface area contributed by atoms with Crippen LogP contribution >= 0.6 is 11.6 Å². The van der Waals surface area contributed by atoms with Crippen molar-refractivity contribution in [1.82, 2.24) is 0 Å². The number of hydrogen-bond acceptors (Lipinski definition) is 4. The number of carbonyl (C=O) groups excluding carboxylic acids is 1. The highest BCUT2D eigenvalue weighted by atomic mass is 35.5. The number of hydrogen-bond donors (Lipinski definition) is 1. The summed E-state index contributed by atoms with van der Waals surface area (Å²) in [5.74, 6) is -0.945. The number of nitro benzene ring substituents is 1. The van der Waals surface area contributed by atoms with Crippen LogP contribution in [0.3, 0.4) is 0 Å². The molecule has 1 N–H and O–H groups in total. The Bertz CT molecular complexity index is 812. The van der Waals surface area contributed by atoms with Crippen molar-refractivity contribution in [3.05, 3.63) is 63.2 Å². The molecule has 132 valence electrons. The van der Waals surface area contributed by atoms with Gasteiger partial charge in [-0.05, 0) is 24.3 Å². The lowest BCUT2D eigenvalue weighted by Crippen LogP contribution is -2.20. The first-order chi connectivity index (χ1) is 11.7. The molecule has 0 heterocycles. The molecule has 0 saturated carbocycles. The zero-order valence-electron chi connectivity index (χ0n) is 12.3. The minimum Gasteiger partial charge on any atom is -0.482 e. The molecular weight excluding hydrogens is 365 g/mol. The number of nitrogens with one attached hydrogen (secondary N) is 1. The van der Waals surface area contributed by atoms with E-state index in [4.69, 9.17) is 11.6 Å². The fourth-order valence-electron chi connectivity index (χ4n) is 1.84. The van der Waals surface area contributed by atoms with E-state index in [1.165, 1.54) is 36.4 Å². The summed E-state index contributed by atoms with van der Waals surface area (Å²) in [6.45, 7) is -1.52. The van der Waals surface area contributed by atoms with Crippen LogP contribution in [-0.4, -0.2) is 23.6 Å². The molecule has 0 saturated heterocycles. The maximum absolute atomic E-state index is 12.3. The third-order valence-corrected chi connectivity index (χ3v) is 3.25. The van der Waals surface area contributed by atoms with Crippen molar-refractivity contribution in [2.24, 2.45) is 0 Å². The standard InChI is InChI=1S/C15H10ClF3N2O4/c16-10-6-5-9(7-12(10)21(23)24)14(22)20-11-3-1-2-4-13(11)25-8-15(17,18)19/h1-7H,8H2,(H,20,22). The average molecular weight is 375 g/mol. The van der Waals surface area contributed by atoms with Crippen molar-refractivity contribution >= 4 is 28.9 Å². The van der Waals surface area contributed by atoms with E-state index < -0.39 is 29.3 Å². The summed E-state index contributed by atoms with van der Waals surface area (Å²) in [6.07, 6.45) is -4.53. The Labute approximate surface area is 144 Å². The Morgan fingerprint density at radius 1 is 1.24 bits per heavy atom. The lowest BCUT2D eigenvalue weighted by molar-refractivity contribution is -0.384. The van der Waals surface area contributed by atoms with E-state index in [0.717, 1.165) is 6.07 Å². The highest BCUT2D eigenvalue weighted by Gasteiger charge is 2.29. The third-order valence-electron chi connectivity index (χ3n) is 2.93. The lowest BCUT2D eigenvalue weighted by Gasteiger charge is -2.13. The van der Waals surface area contributed by atoms with Crippen molar-refractivity contribution in [3.63, 3.8) is 0 Å². The molecule has 2 rings (SSSR count). The molecule has 6 nitrogen and oxygen atoms in total. The quantitative estimate of drug-likeness (QED) is 0.619. The normalized spacial score (nSPS) is 11.0. The van der Waals surface area contributed by atoms with Crippen LogP contribution in [0.4, 0.5) is 24.5 Å². The van der Waals surface area contributed by atoms with Crippen molar-refractivity contribution in [2.45, 2.75) is 6.18 Å². The number of rotatable bonds is 5. The molecule has 2 aromatic carbocycles. The monoisotopic (exact) mass is 374 g/mol. The van der Waals surface area contributed by atoms with E-state index >= 15 is 0 Å². The molecule has 0 fully saturated rings. The molecule has 0 aliphatic heterocycles. The van der Waals surface area contributed by atoms with Gasteiger partial charge in [-0.15, -0.1) is 0 Å². The Balaban J connectivity index is 2.21. The second kappa shape index (κ2) is 7.39. The van der Waals surface area contributed by atoms with Crippen molar-refractivity contribution in [3.8, 4) is 5.75 Å². The predicted molar refractivity (Wildman–Crippen MR) is 84.1 cm³/mol. The first-order valence-electron chi connectivity index (χ1n) is 6.71. The number of nitro groups is 1. The van der Waals surface area contributed by atoms with Gasteiger partial charge in [-0.2, -0.15) is 13.2 Å². The molecule has 0 atom stereocenters. The number of halogens is 4. The number of benzene rings is 2. The summed E-state index contributed by atoms with van der Waals surface area (Å²) in [5.41, 5.74) is -0.549. The SMILES string of the molecule is O=C(Nc1ccccc1OCC(F)(F)F)c1ccc(Cl)c([N+](=O)[O-])c1. The molecular formula is C15H10ClF3N2O4. The first-order valence-corrected chi connectivity index (χ1v) is 7.09. The molecule has 0 spiro atoms. The molecule has 0 unspecified atom stereocenters. The van der Waals surface area contributed by atoms with E-state index in [0.29, 0.717) is 0 Å². The summed E-state index contributed by atoms with van der Waals surface area (Å²) in [4.78, 5) is 22.3. The summed E-state index contributed by atoms with van der Waals surface area (Å²) in [5, 5.41) is 13.1. The van der Waals surface area contributed by atoms with Crippen molar-refractivity contribution in [1.29, 1.82) is 0 Å². The molecule has 25 heavy (non-hydrogen) atoms. The van der Waals surface area contributed by atoms with Gasteiger partial charge in [-0.3, -0.25) is 14.9 Å². The van der Waals surface area contributed by atoms with Crippen molar-refractivity contribution in [2.75, 3.05) is 11.9 Å². The number of nitrogens with zero attached hydrogens (tertiary/aromatic N) is 1. The van der Waals surface area contributed by atoms with Crippen LogP contribution < -0.4 is 10.1 Å². The van der Waals surface area contributed by atoms with E-state index in [9.17, 15) is 28.1 Å². The highest BCUT2D eigenvalue weighted by Crippen LogP contribution is 2.28. The van der Waals surface area contributed by atoms with Gasteiger partial charge < -0.3 is 10.1 Å². The Kier molecular flexibility index (Phi) is 5.48. The van der Waals surface area contributed by atoms with Gasteiger partial charge in [0.05, 0.1) is 10.6 Å². The number of alkyl halides is 3. The highest BCUT2D eigenvalue weighted by molar-refractivity contribution is 6.32. The van der Waals surface area contributed by atoms with Crippen LogP contribution in [0, 0.1) is 10.1 Å². The van der Waals surface area contributed by atoms with Crippen LogP contribution in [-0.2, 0) is 0 Å². The third kappa shape index (κ3) is 5.08. The van der Waals surface area contributed by atoms with Gasteiger partial charge in [0.1, 0.15) is 10.8 Å². The van der Waals surface area contributed by atoms with Crippen LogP contribution in [0.5, 0.6) is 5.75 Å². The van der Waals surface area contributed by atoms with E-state index in [-0.39, 0.29) is 22.0 Å². The minimum absolute atomic E-state index is 0.00523. The topological polar surface area (TPSA) is 81.5 Å². The molecule has 0 bridgehead atoms. The molecule has 0 aliphatic rings. The molecule has 0 aromatic heterocycles. The Morgan fingerprint density at radius 3 is 2.56 bits per heavy atom. The van der Waals surface area contributed by atoms with Crippen LogP contribution in [0.25, 0.3) is 0 Å². The van der Waals surface area contributed by atoms with E-state index in [2.05, 4.69) is 10.1 Å². The summed E-state index contributed by atoms with van der Waals surface area (Å²) in [7, 11) is 0. The first kappa shape index (κ1) is 18.5. The molecule has 1 amide bonds. The molecule has 2 aromatic rings. The van der Waals surface area contributed by atoms with E-state index in [1.807, 2.05) is 0 Å². The van der Waals surface area contributed by atoms with Gasteiger partial charge in [0, 0.05) is 11.6 Å². The fourth-order valence-corrected chi connectivity index (χ4v) is 2.03. The van der Waals surface area contributed by atoms with E-state index in [1.54, 1.807) is 0 Å². The number of ether oxygens (including phenoxy) is 1. The second-order valence-corrected chi connectivity index (χ2v) is 5.18. The zero-order chi connectivity index (χ0) is 18.6. The smallest absolute Gasteiger partial charge is 0.422 e. The number of anilines is 1. The number of amides is 1. The molecule has 0 aliphatic carbocycles. The maximum atomic E-state index is 12.3. The predicted octanol–water partition coefficient (Wildman–Crippen LogP) is 4.44. The second-order valence-electron chi connectivity index (χ2n) is 4.78. The van der Waals surface area contributed by atoms with Gasteiger partial charge in [0.2, 0.25) is 0 Å². The van der Waals surface area contributed by atoms with Crippen LogP contribution in [0.2, 0.25) is 5.02 Å².